The van der Waals surface area contributed by atoms with Gasteiger partial charge < -0.3 is 26.0 Å². The van der Waals surface area contributed by atoms with E-state index in [1.165, 1.54) is 30.7 Å². The molecule has 0 unspecified atom stereocenters. The van der Waals surface area contributed by atoms with E-state index in [9.17, 15) is 15.0 Å². The predicted octanol–water partition coefficient (Wildman–Crippen LogP) is 0.486. The molecule has 0 aliphatic carbocycles. The van der Waals surface area contributed by atoms with Crippen LogP contribution in [0.3, 0.4) is 0 Å². The summed E-state index contributed by atoms with van der Waals surface area (Å²) >= 11 is 0. The Morgan fingerprint density at radius 1 is 1.30 bits per heavy atom. The molecule has 0 radical (unpaired) electrons. The van der Waals surface area contributed by atoms with Crippen molar-refractivity contribution in [2.24, 2.45) is 0 Å². The molecule has 10 heteroatoms. The quantitative estimate of drug-likeness (QED) is 0.376. The summed E-state index contributed by atoms with van der Waals surface area (Å²) < 4.78 is 7.28. The topological polar surface area (TPSA) is 148 Å². The molecular weight excluding hydrogens is 388 g/mol. The minimum atomic E-state index is -1.23. The molecule has 3 heterocycles. The monoisotopic (exact) mass is 416 g/mol. The number of rotatable bonds is 7. The van der Waals surface area contributed by atoms with E-state index in [2.05, 4.69) is 39.0 Å². The highest BCUT2D eigenvalue weighted by molar-refractivity contribution is 5.82. The molecule has 0 bridgehead atoms. The second-order valence-electron chi connectivity index (χ2n) is 7.35. The first-order valence-electron chi connectivity index (χ1n) is 10.2. The van der Waals surface area contributed by atoms with E-state index < -0.39 is 24.5 Å². The number of amides is 1. The molecule has 4 atom stereocenters. The van der Waals surface area contributed by atoms with Crippen LogP contribution in [-0.4, -0.2) is 60.5 Å². The first-order valence-corrected chi connectivity index (χ1v) is 10.2. The molecule has 30 heavy (non-hydrogen) atoms. The van der Waals surface area contributed by atoms with Gasteiger partial charge in [0, 0.05) is 19.9 Å². The maximum Gasteiger partial charge on any atom is 0.216 e. The number of aromatic nitrogens is 4. The Bertz CT molecular complexity index is 950. The molecule has 0 saturated carbocycles. The average Bonchev–Trinajstić information content (AvgIpc) is 3.25. The normalized spacial score (nSPS) is 23.3. The maximum absolute atomic E-state index is 11.1. The molecule has 0 spiro atoms. The molecule has 1 aliphatic heterocycles. The van der Waals surface area contributed by atoms with Gasteiger partial charge in [0.05, 0.1) is 6.33 Å². The Hall–Kier alpha value is -2.74. The lowest BCUT2D eigenvalue weighted by Crippen LogP contribution is -2.39. The van der Waals surface area contributed by atoms with E-state index in [1.54, 1.807) is 0 Å². The fourth-order valence-electron chi connectivity index (χ4n) is 3.33. The lowest BCUT2D eigenvalue weighted by atomic mass is 10.1. The Morgan fingerprint density at radius 2 is 2.10 bits per heavy atom. The van der Waals surface area contributed by atoms with Crippen molar-refractivity contribution >= 4 is 22.9 Å². The van der Waals surface area contributed by atoms with Crippen molar-refractivity contribution in [2.75, 3.05) is 12.3 Å². The smallest absolute Gasteiger partial charge is 0.216 e. The van der Waals surface area contributed by atoms with Gasteiger partial charge in [-0.3, -0.25) is 9.36 Å². The van der Waals surface area contributed by atoms with Gasteiger partial charge in [-0.15, -0.1) is 0 Å². The predicted molar refractivity (Wildman–Crippen MR) is 110 cm³/mol. The molecule has 0 aromatic carbocycles. The van der Waals surface area contributed by atoms with Crippen molar-refractivity contribution in [3.05, 3.63) is 12.2 Å². The first kappa shape index (κ1) is 22.0. The number of nitrogens with zero attached hydrogens (tertiary/aromatic N) is 4. The summed E-state index contributed by atoms with van der Waals surface area (Å²) in [4.78, 5) is 24.0. The minimum Gasteiger partial charge on any atom is -0.387 e. The summed E-state index contributed by atoms with van der Waals surface area (Å²) in [6.45, 7) is 3.60. The second-order valence-corrected chi connectivity index (χ2v) is 7.35. The number of anilines is 1. The van der Waals surface area contributed by atoms with Gasteiger partial charge in [-0.2, -0.15) is 0 Å². The number of aliphatic hydroxyl groups is 2. The van der Waals surface area contributed by atoms with Gasteiger partial charge in [0.15, 0.2) is 17.7 Å². The van der Waals surface area contributed by atoms with Crippen LogP contribution in [0, 0.1) is 11.8 Å². The highest BCUT2D eigenvalue weighted by Gasteiger charge is 2.44. The Morgan fingerprint density at radius 3 is 2.83 bits per heavy atom. The van der Waals surface area contributed by atoms with Crippen molar-refractivity contribution in [1.82, 2.24) is 24.8 Å². The van der Waals surface area contributed by atoms with Crippen molar-refractivity contribution in [3.8, 4) is 11.8 Å². The minimum absolute atomic E-state index is 0.0720. The standard InChI is InChI=1S/C20H28N6O4/c1-3-4-5-6-7-8-9-14-24-18(21)15-19(25-14)26(11-23-15)20-17(29)16(28)13(30-20)10-22-12(2)27/h11,13,16-17,20,28-29H,3-7,10H2,1-2H3,(H,22,27)(H2,21,24,25)/t13-,16-,17-,20-/m1/s1. The van der Waals surface area contributed by atoms with Crippen LogP contribution in [0.2, 0.25) is 0 Å². The van der Waals surface area contributed by atoms with Gasteiger partial charge in [0.2, 0.25) is 11.7 Å². The second kappa shape index (κ2) is 9.84. The molecule has 162 valence electrons. The van der Waals surface area contributed by atoms with Gasteiger partial charge in [-0.1, -0.05) is 32.1 Å². The summed E-state index contributed by atoms with van der Waals surface area (Å²) in [5, 5.41) is 23.3. The molecule has 3 rings (SSSR count). The number of fused-ring (bicyclic) bond motifs is 1. The highest BCUT2D eigenvalue weighted by atomic mass is 16.6. The zero-order valence-electron chi connectivity index (χ0n) is 17.2. The zero-order valence-corrected chi connectivity index (χ0v) is 17.2. The van der Waals surface area contributed by atoms with E-state index in [4.69, 9.17) is 10.5 Å². The number of aliphatic hydroxyl groups excluding tert-OH is 2. The third-order valence-corrected chi connectivity index (χ3v) is 4.97. The first-order chi connectivity index (χ1) is 14.4. The number of imidazole rings is 1. The lowest BCUT2D eigenvalue weighted by molar-refractivity contribution is -0.120. The van der Waals surface area contributed by atoms with Crippen molar-refractivity contribution < 1.29 is 19.7 Å². The van der Waals surface area contributed by atoms with Gasteiger partial charge in [0.1, 0.15) is 23.8 Å². The third-order valence-electron chi connectivity index (χ3n) is 4.97. The van der Waals surface area contributed by atoms with Crippen LogP contribution in [0.4, 0.5) is 5.82 Å². The summed E-state index contributed by atoms with van der Waals surface area (Å²) in [5.41, 5.74) is 6.73. The molecule has 5 N–H and O–H groups in total. The SMILES string of the molecule is CCCCCCC#Cc1nc(N)c2ncn([C@@H]3O[C@H](CNC(C)=O)[C@@H](O)[C@H]3O)c2n1. The number of hydrogen-bond acceptors (Lipinski definition) is 8. The molecular formula is C20H28N6O4. The number of unbranched alkanes of at least 4 members (excludes halogenated alkanes) is 4. The van der Waals surface area contributed by atoms with Gasteiger partial charge in [-0.05, 0) is 12.3 Å². The van der Waals surface area contributed by atoms with Crippen LogP contribution in [0.15, 0.2) is 6.33 Å². The number of nitrogens with one attached hydrogen (secondary N) is 1. The van der Waals surface area contributed by atoms with Gasteiger partial charge >= 0.3 is 0 Å². The van der Waals surface area contributed by atoms with Crippen molar-refractivity contribution in [2.45, 2.75) is 70.5 Å². The molecule has 2 aromatic rings. The molecule has 1 amide bonds. The number of carbonyl (C=O) groups is 1. The van der Waals surface area contributed by atoms with Crippen LogP contribution in [0.25, 0.3) is 11.2 Å². The molecule has 2 aromatic heterocycles. The third kappa shape index (κ3) is 4.87. The number of nitrogen functional groups attached to an aromatic ring is 1. The molecule has 10 nitrogen and oxygen atoms in total. The fourth-order valence-corrected chi connectivity index (χ4v) is 3.33. The van der Waals surface area contributed by atoms with E-state index >= 15 is 0 Å². The fraction of sp³-hybridized carbons (Fsp3) is 0.600. The summed E-state index contributed by atoms with van der Waals surface area (Å²) in [6, 6.07) is 0. The van der Waals surface area contributed by atoms with E-state index in [1.807, 2.05) is 0 Å². The van der Waals surface area contributed by atoms with E-state index in [0.717, 1.165) is 19.3 Å². The van der Waals surface area contributed by atoms with Crippen molar-refractivity contribution in [3.63, 3.8) is 0 Å². The lowest BCUT2D eigenvalue weighted by Gasteiger charge is -2.16. The summed E-state index contributed by atoms with van der Waals surface area (Å²) in [5.74, 6) is 6.18. The molecule has 1 aliphatic rings. The average molecular weight is 416 g/mol. The Labute approximate surface area is 174 Å². The van der Waals surface area contributed by atoms with Crippen LogP contribution in [0.1, 0.15) is 58.0 Å². The number of carbonyl (C=O) groups excluding carboxylic acids is 1. The summed E-state index contributed by atoms with van der Waals surface area (Å²) in [7, 11) is 0. The van der Waals surface area contributed by atoms with Crippen LogP contribution < -0.4 is 11.1 Å². The van der Waals surface area contributed by atoms with E-state index in [0.29, 0.717) is 11.2 Å². The summed E-state index contributed by atoms with van der Waals surface area (Å²) in [6.07, 6.45) is 2.58. The zero-order chi connectivity index (χ0) is 21.7. The highest BCUT2D eigenvalue weighted by Crippen LogP contribution is 2.31. The Kier molecular flexibility index (Phi) is 7.20. The maximum atomic E-state index is 11.1. The van der Waals surface area contributed by atoms with Crippen LogP contribution in [-0.2, 0) is 9.53 Å². The van der Waals surface area contributed by atoms with E-state index in [-0.39, 0.29) is 24.1 Å². The number of nitrogens with two attached hydrogens (primary N) is 1. The van der Waals surface area contributed by atoms with Gasteiger partial charge in [0.25, 0.3) is 0 Å². The van der Waals surface area contributed by atoms with Crippen molar-refractivity contribution in [1.29, 1.82) is 0 Å². The molecule has 1 saturated heterocycles. The number of ether oxygens (including phenoxy) is 1. The van der Waals surface area contributed by atoms with Crippen LogP contribution in [0.5, 0.6) is 0 Å². The Balaban J connectivity index is 1.80. The van der Waals surface area contributed by atoms with Crippen LogP contribution >= 0.6 is 0 Å². The number of hydrogen-bond donors (Lipinski definition) is 4. The largest absolute Gasteiger partial charge is 0.387 e. The van der Waals surface area contributed by atoms with Gasteiger partial charge in [-0.25, -0.2) is 15.0 Å². The molecule has 1 fully saturated rings.